The number of aliphatic hydroxyl groups is 2. The molecule has 148 valence electrons. The standard InChI is InChI=1S/C17H19N5O6/c1-10(24)6-27-7-15(26)21-16-12-2-3-13(22(12)20-9-19-16)17(8-18)14(25)4-11(5-23)28-17/h2-3,9,11,14,23,25H,4-7H2,1H3,(H,19,20,21,26)/t11?,14-,17+/m1/s1. The van der Waals surface area contributed by atoms with Gasteiger partial charge in [0.05, 0.1) is 18.4 Å². The number of fused-ring (bicyclic) bond motifs is 1. The van der Waals surface area contributed by atoms with Crippen molar-refractivity contribution in [2.45, 2.75) is 31.2 Å². The first kappa shape index (κ1) is 19.8. The van der Waals surface area contributed by atoms with Crippen molar-refractivity contribution in [1.82, 2.24) is 14.6 Å². The summed E-state index contributed by atoms with van der Waals surface area (Å²) >= 11 is 0. The Kier molecular flexibility index (Phi) is 5.66. The molecule has 11 heteroatoms. The monoisotopic (exact) mass is 389 g/mol. The van der Waals surface area contributed by atoms with Gasteiger partial charge in [0.15, 0.2) is 11.6 Å². The molecule has 0 aliphatic carbocycles. The van der Waals surface area contributed by atoms with Crippen LogP contribution in [-0.4, -0.2) is 68.5 Å². The maximum absolute atomic E-state index is 12.0. The van der Waals surface area contributed by atoms with E-state index in [2.05, 4.69) is 15.4 Å². The molecule has 1 fully saturated rings. The number of ether oxygens (including phenoxy) is 2. The van der Waals surface area contributed by atoms with E-state index < -0.39 is 23.7 Å². The molecule has 28 heavy (non-hydrogen) atoms. The minimum atomic E-state index is -1.71. The van der Waals surface area contributed by atoms with E-state index in [4.69, 9.17) is 9.47 Å². The maximum atomic E-state index is 12.0. The van der Waals surface area contributed by atoms with Crippen LogP contribution in [-0.2, 0) is 24.7 Å². The van der Waals surface area contributed by atoms with Crippen molar-refractivity contribution in [2.75, 3.05) is 25.1 Å². The molecule has 1 amide bonds. The van der Waals surface area contributed by atoms with E-state index in [9.17, 15) is 25.1 Å². The molecule has 0 saturated carbocycles. The number of hydrogen-bond acceptors (Lipinski definition) is 9. The maximum Gasteiger partial charge on any atom is 0.251 e. The van der Waals surface area contributed by atoms with Crippen molar-refractivity contribution in [3.05, 3.63) is 24.2 Å². The van der Waals surface area contributed by atoms with Crippen LogP contribution in [0.1, 0.15) is 19.0 Å². The van der Waals surface area contributed by atoms with E-state index in [1.807, 2.05) is 6.07 Å². The van der Waals surface area contributed by atoms with Crippen LogP contribution in [0, 0.1) is 11.3 Å². The van der Waals surface area contributed by atoms with Crippen molar-refractivity contribution >= 4 is 23.0 Å². The summed E-state index contributed by atoms with van der Waals surface area (Å²) in [6, 6.07) is 5.09. The first-order chi connectivity index (χ1) is 13.4. The van der Waals surface area contributed by atoms with Gasteiger partial charge >= 0.3 is 0 Å². The number of nitrogens with one attached hydrogen (secondary N) is 1. The van der Waals surface area contributed by atoms with Crippen LogP contribution >= 0.6 is 0 Å². The van der Waals surface area contributed by atoms with E-state index in [1.54, 1.807) is 6.07 Å². The zero-order valence-corrected chi connectivity index (χ0v) is 15.0. The molecule has 3 N–H and O–H groups in total. The molecule has 0 aromatic carbocycles. The van der Waals surface area contributed by atoms with Gasteiger partial charge in [-0.05, 0) is 19.1 Å². The molecule has 3 rings (SSSR count). The van der Waals surface area contributed by atoms with Gasteiger partial charge in [0.25, 0.3) is 5.91 Å². The smallest absolute Gasteiger partial charge is 0.251 e. The van der Waals surface area contributed by atoms with Crippen molar-refractivity contribution < 1.29 is 29.3 Å². The molecule has 1 aliphatic rings. The number of aliphatic hydroxyl groups excluding tert-OH is 2. The molecular weight excluding hydrogens is 370 g/mol. The van der Waals surface area contributed by atoms with Gasteiger partial charge in [0, 0.05) is 6.42 Å². The summed E-state index contributed by atoms with van der Waals surface area (Å²) in [5.74, 6) is -0.555. The third kappa shape index (κ3) is 3.58. The summed E-state index contributed by atoms with van der Waals surface area (Å²) in [7, 11) is 0. The highest BCUT2D eigenvalue weighted by Crippen LogP contribution is 2.40. The van der Waals surface area contributed by atoms with Gasteiger partial charge in [-0.25, -0.2) is 9.50 Å². The van der Waals surface area contributed by atoms with Crippen LogP contribution in [0.4, 0.5) is 5.82 Å². The van der Waals surface area contributed by atoms with Crippen molar-refractivity contribution in [2.24, 2.45) is 0 Å². The summed E-state index contributed by atoms with van der Waals surface area (Å²) in [6.07, 6.45) is -0.571. The number of carbonyl (C=O) groups excluding carboxylic acids is 2. The highest BCUT2D eigenvalue weighted by Gasteiger charge is 2.52. The first-order valence-electron chi connectivity index (χ1n) is 8.49. The molecule has 0 radical (unpaired) electrons. The lowest BCUT2D eigenvalue weighted by molar-refractivity contribution is -0.125. The lowest BCUT2D eigenvalue weighted by Crippen LogP contribution is -2.36. The first-order valence-corrected chi connectivity index (χ1v) is 8.49. The van der Waals surface area contributed by atoms with Crippen molar-refractivity contribution in [1.29, 1.82) is 5.26 Å². The molecule has 2 aromatic rings. The van der Waals surface area contributed by atoms with E-state index in [0.717, 1.165) is 0 Å². The van der Waals surface area contributed by atoms with Crippen molar-refractivity contribution in [3.63, 3.8) is 0 Å². The molecule has 1 saturated heterocycles. The number of aromatic nitrogens is 3. The lowest BCUT2D eigenvalue weighted by Gasteiger charge is -2.24. The van der Waals surface area contributed by atoms with E-state index in [0.29, 0.717) is 5.52 Å². The van der Waals surface area contributed by atoms with Gasteiger partial charge in [-0.1, -0.05) is 0 Å². The predicted molar refractivity (Wildman–Crippen MR) is 93.0 cm³/mol. The average Bonchev–Trinajstić information content (AvgIpc) is 3.23. The summed E-state index contributed by atoms with van der Waals surface area (Å²) in [5.41, 5.74) is -1.09. The van der Waals surface area contributed by atoms with Crippen molar-refractivity contribution in [3.8, 4) is 6.07 Å². The quantitative estimate of drug-likeness (QED) is 0.547. The number of Topliss-reactive ketones (excluding diaryl/α,β-unsaturated/α-hetero) is 1. The molecule has 0 spiro atoms. The second kappa shape index (κ2) is 7.99. The number of ketones is 1. The Labute approximate surface area is 159 Å². The summed E-state index contributed by atoms with van der Waals surface area (Å²) < 4.78 is 11.9. The molecule has 11 nitrogen and oxygen atoms in total. The molecule has 2 aromatic heterocycles. The van der Waals surface area contributed by atoms with Gasteiger partial charge < -0.3 is 25.0 Å². The Hall–Kier alpha value is -2.91. The molecule has 1 unspecified atom stereocenters. The van der Waals surface area contributed by atoms with Gasteiger partial charge in [-0.2, -0.15) is 10.4 Å². The minimum absolute atomic E-state index is 0.0967. The molecule has 3 heterocycles. The Morgan fingerprint density at radius 3 is 2.93 bits per heavy atom. The average molecular weight is 389 g/mol. The van der Waals surface area contributed by atoms with Gasteiger partial charge in [0.2, 0.25) is 5.60 Å². The summed E-state index contributed by atoms with van der Waals surface area (Å²) in [4.78, 5) is 26.9. The van der Waals surface area contributed by atoms with Crippen LogP contribution < -0.4 is 5.32 Å². The molecule has 3 atom stereocenters. The zero-order chi connectivity index (χ0) is 20.3. The third-order valence-electron chi connectivity index (χ3n) is 4.31. The van der Waals surface area contributed by atoms with Gasteiger partial charge in [-0.3, -0.25) is 9.59 Å². The highest BCUT2D eigenvalue weighted by molar-refractivity contribution is 5.94. The Bertz CT molecular complexity index is 938. The molecule has 0 bridgehead atoms. The SMILES string of the molecule is CC(=O)COCC(=O)Nc1ncnn2c([C@]3(C#N)OC(CO)C[C@H]3O)ccc12. The van der Waals surface area contributed by atoms with Crippen LogP contribution in [0.2, 0.25) is 0 Å². The van der Waals surface area contributed by atoms with E-state index >= 15 is 0 Å². The highest BCUT2D eigenvalue weighted by atomic mass is 16.5. The van der Waals surface area contributed by atoms with Crippen LogP contribution in [0.5, 0.6) is 0 Å². The number of nitrogens with zero attached hydrogens (tertiary/aromatic N) is 4. The third-order valence-corrected chi connectivity index (χ3v) is 4.31. The fraction of sp³-hybridized carbons (Fsp3) is 0.471. The van der Waals surface area contributed by atoms with Gasteiger partial charge in [0.1, 0.15) is 37.2 Å². The number of amides is 1. The number of anilines is 1. The number of rotatable bonds is 7. The van der Waals surface area contributed by atoms with Crippen LogP contribution in [0.15, 0.2) is 18.5 Å². The second-order valence-electron chi connectivity index (χ2n) is 6.39. The number of hydrogen-bond donors (Lipinski definition) is 3. The van der Waals surface area contributed by atoms with Gasteiger partial charge in [-0.15, -0.1) is 0 Å². The predicted octanol–water partition coefficient (Wildman–Crippen LogP) is -0.866. The molecule has 1 aliphatic heterocycles. The minimum Gasteiger partial charge on any atom is -0.394 e. The summed E-state index contributed by atoms with van der Waals surface area (Å²) in [6.45, 7) is 0.513. The Morgan fingerprint density at radius 1 is 1.50 bits per heavy atom. The summed E-state index contributed by atoms with van der Waals surface area (Å²) in [5, 5.41) is 36.1. The number of carbonyl (C=O) groups is 2. The van der Waals surface area contributed by atoms with Crippen LogP contribution in [0.3, 0.4) is 0 Å². The zero-order valence-electron chi connectivity index (χ0n) is 15.0. The van der Waals surface area contributed by atoms with Crippen LogP contribution in [0.25, 0.3) is 5.52 Å². The second-order valence-corrected chi connectivity index (χ2v) is 6.39. The Morgan fingerprint density at radius 2 is 2.29 bits per heavy atom. The van der Waals surface area contributed by atoms with E-state index in [-0.39, 0.29) is 43.5 Å². The van der Waals surface area contributed by atoms with E-state index in [1.165, 1.54) is 23.8 Å². The lowest BCUT2D eigenvalue weighted by atomic mass is 9.94. The normalized spacial score (nSPS) is 24.2. The number of nitriles is 1. The fourth-order valence-corrected chi connectivity index (χ4v) is 3.07. The largest absolute Gasteiger partial charge is 0.394 e. The Balaban J connectivity index is 1.88. The topological polar surface area (TPSA) is 159 Å². The fourth-order valence-electron chi connectivity index (χ4n) is 3.07. The molecular formula is C17H19N5O6.